The third kappa shape index (κ3) is 3.09. The largest absolute Gasteiger partial charge is 0.469 e. The van der Waals surface area contributed by atoms with E-state index in [1.54, 1.807) is 12.4 Å². The topological polar surface area (TPSA) is 83.5 Å². The summed E-state index contributed by atoms with van der Waals surface area (Å²) in [4.78, 5) is 15.6. The average molecular weight is 265 g/mol. The molecule has 104 valence electrons. The lowest BCUT2D eigenvalue weighted by atomic mass is 9.80. The van der Waals surface area contributed by atoms with E-state index in [1.807, 2.05) is 19.1 Å². The molecule has 6 nitrogen and oxygen atoms in total. The van der Waals surface area contributed by atoms with Crippen molar-refractivity contribution in [3.63, 3.8) is 0 Å². The van der Waals surface area contributed by atoms with Crippen molar-refractivity contribution in [3.05, 3.63) is 30.1 Å². The molecule has 0 bridgehead atoms. The molecule has 1 aromatic heterocycles. The summed E-state index contributed by atoms with van der Waals surface area (Å²) in [6.45, 7) is 1.97. The number of esters is 1. The number of aromatic nitrogens is 1. The van der Waals surface area contributed by atoms with Crippen molar-refractivity contribution in [3.8, 4) is 0 Å². The Morgan fingerprint density at radius 1 is 1.47 bits per heavy atom. The third-order valence-corrected chi connectivity index (χ3v) is 3.61. The fourth-order valence-corrected chi connectivity index (χ4v) is 2.60. The molecule has 0 saturated carbocycles. The van der Waals surface area contributed by atoms with E-state index >= 15 is 0 Å². The zero-order chi connectivity index (χ0) is 13.8. The number of hydrogen-bond acceptors (Lipinski definition) is 6. The monoisotopic (exact) mass is 265 g/mol. The number of ether oxygens (including phenoxy) is 1. The SMILES string of the molecule is COC(=O)CC(c1ccncc1)C1C(C)NNC1O. The molecule has 0 radical (unpaired) electrons. The molecule has 1 aromatic rings. The zero-order valence-corrected chi connectivity index (χ0v) is 11.0. The summed E-state index contributed by atoms with van der Waals surface area (Å²) in [5.74, 6) is -0.516. The van der Waals surface area contributed by atoms with Crippen molar-refractivity contribution in [1.82, 2.24) is 15.8 Å². The van der Waals surface area contributed by atoms with Crippen LogP contribution in [-0.2, 0) is 9.53 Å². The Hall–Kier alpha value is -1.50. The smallest absolute Gasteiger partial charge is 0.306 e. The molecule has 2 rings (SSSR count). The molecule has 4 atom stereocenters. The number of nitrogens with one attached hydrogen (secondary N) is 2. The van der Waals surface area contributed by atoms with E-state index in [9.17, 15) is 9.90 Å². The quantitative estimate of drug-likeness (QED) is 0.673. The van der Waals surface area contributed by atoms with E-state index in [4.69, 9.17) is 4.74 Å². The first-order valence-corrected chi connectivity index (χ1v) is 6.29. The molecule has 1 aliphatic rings. The number of hydrogen-bond donors (Lipinski definition) is 3. The van der Waals surface area contributed by atoms with E-state index in [0.717, 1.165) is 5.56 Å². The van der Waals surface area contributed by atoms with Crippen LogP contribution in [0.2, 0.25) is 0 Å². The van der Waals surface area contributed by atoms with Gasteiger partial charge in [0.1, 0.15) is 6.23 Å². The van der Waals surface area contributed by atoms with Crippen LogP contribution in [0.25, 0.3) is 0 Å². The number of hydrazine groups is 1. The number of methoxy groups -OCH3 is 1. The van der Waals surface area contributed by atoms with E-state index in [0.29, 0.717) is 0 Å². The summed E-state index contributed by atoms with van der Waals surface area (Å²) in [5.41, 5.74) is 6.77. The van der Waals surface area contributed by atoms with Gasteiger partial charge in [0.15, 0.2) is 0 Å². The van der Waals surface area contributed by atoms with Crippen molar-refractivity contribution in [1.29, 1.82) is 0 Å². The normalized spacial score (nSPS) is 28.1. The summed E-state index contributed by atoms with van der Waals surface area (Å²) >= 11 is 0. The van der Waals surface area contributed by atoms with Gasteiger partial charge in [-0.2, -0.15) is 0 Å². The minimum Gasteiger partial charge on any atom is -0.469 e. The standard InChI is InChI=1S/C13H19N3O3/c1-8-12(13(18)16-15-8)10(7-11(17)19-2)9-3-5-14-6-4-9/h3-6,8,10,12-13,15-16,18H,7H2,1-2H3. The summed E-state index contributed by atoms with van der Waals surface area (Å²) in [6.07, 6.45) is 2.91. The second-order valence-corrected chi connectivity index (χ2v) is 4.77. The second kappa shape index (κ2) is 6.10. The Balaban J connectivity index is 2.26. The van der Waals surface area contributed by atoms with Crippen molar-refractivity contribution in [2.24, 2.45) is 5.92 Å². The average Bonchev–Trinajstić information content (AvgIpc) is 2.76. The number of nitrogens with zero attached hydrogens (tertiary/aromatic N) is 1. The molecule has 1 saturated heterocycles. The summed E-state index contributed by atoms with van der Waals surface area (Å²) in [5, 5.41) is 10.0. The van der Waals surface area contributed by atoms with Crippen LogP contribution in [-0.4, -0.2) is 35.4 Å². The molecule has 6 heteroatoms. The predicted octanol–water partition coefficient (Wildman–Crippen LogP) is 0.159. The van der Waals surface area contributed by atoms with E-state index in [-0.39, 0.29) is 30.3 Å². The fourth-order valence-electron chi connectivity index (χ4n) is 2.60. The molecule has 0 amide bonds. The summed E-state index contributed by atoms with van der Waals surface area (Å²) in [6, 6.07) is 3.79. The molecule has 2 heterocycles. The van der Waals surface area contributed by atoms with Gasteiger partial charge in [0.05, 0.1) is 13.5 Å². The van der Waals surface area contributed by atoms with Gasteiger partial charge in [-0.15, -0.1) is 0 Å². The number of aliphatic hydroxyl groups excluding tert-OH is 1. The van der Waals surface area contributed by atoms with Gasteiger partial charge in [0.25, 0.3) is 0 Å². The zero-order valence-electron chi connectivity index (χ0n) is 11.0. The molecule has 1 fully saturated rings. The molecule has 0 aliphatic carbocycles. The molecular formula is C13H19N3O3. The molecule has 4 unspecified atom stereocenters. The minimum absolute atomic E-state index is 0.0535. The van der Waals surface area contributed by atoms with Crippen LogP contribution in [0.5, 0.6) is 0 Å². The first-order valence-electron chi connectivity index (χ1n) is 6.29. The lowest BCUT2D eigenvalue weighted by Crippen LogP contribution is -2.33. The Labute approximate surface area is 112 Å². The van der Waals surface area contributed by atoms with E-state index in [1.165, 1.54) is 7.11 Å². The van der Waals surface area contributed by atoms with Crippen molar-refractivity contribution in [2.45, 2.75) is 31.5 Å². The highest BCUT2D eigenvalue weighted by molar-refractivity contribution is 5.70. The van der Waals surface area contributed by atoms with Crippen LogP contribution in [0.1, 0.15) is 24.8 Å². The summed E-state index contributed by atoms with van der Waals surface area (Å²) < 4.78 is 4.76. The van der Waals surface area contributed by atoms with Crippen LogP contribution in [0.15, 0.2) is 24.5 Å². The maximum Gasteiger partial charge on any atom is 0.306 e. The third-order valence-electron chi connectivity index (χ3n) is 3.61. The Morgan fingerprint density at radius 3 is 2.68 bits per heavy atom. The highest BCUT2D eigenvalue weighted by Gasteiger charge is 2.39. The van der Waals surface area contributed by atoms with Crippen LogP contribution in [0.4, 0.5) is 0 Å². The molecule has 1 aliphatic heterocycles. The first-order chi connectivity index (χ1) is 9.13. The Bertz CT molecular complexity index is 416. The molecule has 0 spiro atoms. The predicted molar refractivity (Wildman–Crippen MR) is 68.8 cm³/mol. The lowest BCUT2D eigenvalue weighted by Gasteiger charge is -2.27. The number of carbonyl (C=O) groups excluding carboxylic acids is 1. The Morgan fingerprint density at radius 2 is 2.16 bits per heavy atom. The van der Waals surface area contributed by atoms with Crippen LogP contribution in [0.3, 0.4) is 0 Å². The van der Waals surface area contributed by atoms with E-state index in [2.05, 4.69) is 15.8 Å². The van der Waals surface area contributed by atoms with Gasteiger partial charge in [-0.25, -0.2) is 5.43 Å². The summed E-state index contributed by atoms with van der Waals surface area (Å²) in [7, 11) is 1.37. The van der Waals surface area contributed by atoms with Gasteiger partial charge in [-0.05, 0) is 24.6 Å². The van der Waals surface area contributed by atoms with Gasteiger partial charge in [0.2, 0.25) is 0 Å². The van der Waals surface area contributed by atoms with Crippen LogP contribution >= 0.6 is 0 Å². The second-order valence-electron chi connectivity index (χ2n) is 4.77. The molecular weight excluding hydrogens is 246 g/mol. The van der Waals surface area contributed by atoms with Gasteiger partial charge >= 0.3 is 5.97 Å². The number of rotatable bonds is 4. The fraction of sp³-hybridized carbons (Fsp3) is 0.538. The number of aliphatic hydroxyl groups is 1. The van der Waals surface area contributed by atoms with Gasteiger partial charge in [-0.1, -0.05) is 0 Å². The number of pyridine rings is 1. The minimum atomic E-state index is -0.696. The van der Waals surface area contributed by atoms with Crippen LogP contribution < -0.4 is 10.9 Å². The van der Waals surface area contributed by atoms with Gasteiger partial charge < -0.3 is 9.84 Å². The molecule has 19 heavy (non-hydrogen) atoms. The van der Waals surface area contributed by atoms with Crippen LogP contribution in [0, 0.1) is 5.92 Å². The first kappa shape index (κ1) is 13.9. The molecule has 0 aromatic carbocycles. The lowest BCUT2D eigenvalue weighted by molar-refractivity contribution is -0.141. The highest BCUT2D eigenvalue weighted by atomic mass is 16.5. The number of carbonyl (C=O) groups is 1. The maximum atomic E-state index is 11.6. The van der Waals surface area contributed by atoms with Gasteiger partial charge in [0, 0.05) is 30.3 Å². The van der Waals surface area contributed by atoms with E-state index < -0.39 is 6.23 Å². The van der Waals surface area contributed by atoms with Crippen molar-refractivity contribution < 1.29 is 14.6 Å². The van der Waals surface area contributed by atoms with Crippen molar-refractivity contribution in [2.75, 3.05) is 7.11 Å². The highest BCUT2D eigenvalue weighted by Crippen LogP contribution is 2.34. The maximum absolute atomic E-state index is 11.6. The van der Waals surface area contributed by atoms with Crippen molar-refractivity contribution >= 4 is 5.97 Å². The van der Waals surface area contributed by atoms with Gasteiger partial charge in [-0.3, -0.25) is 15.2 Å². The Kier molecular flexibility index (Phi) is 4.47. The molecule has 3 N–H and O–H groups in total.